The van der Waals surface area contributed by atoms with Crippen LogP contribution in [0, 0.1) is 0 Å². The largest absolute Gasteiger partial charge is 0.489 e. The second-order valence-corrected chi connectivity index (χ2v) is 5.94. The summed E-state index contributed by atoms with van der Waals surface area (Å²) >= 11 is 6.06. The fourth-order valence-electron chi connectivity index (χ4n) is 2.23. The molecule has 0 aliphatic carbocycles. The zero-order valence-electron chi connectivity index (χ0n) is 14.2. The minimum absolute atomic E-state index is 0.0550. The van der Waals surface area contributed by atoms with E-state index in [0.717, 1.165) is 24.8 Å². The Bertz CT molecular complexity index is 607. The van der Waals surface area contributed by atoms with Crippen LogP contribution in [0.1, 0.15) is 31.7 Å². The summed E-state index contributed by atoms with van der Waals surface area (Å²) < 4.78 is 16.9. The molecule has 0 N–H and O–H groups in total. The number of aromatic nitrogens is 1. The topological polar surface area (TPSA) is 40.6 Å². The van der Waals surface area contributed by atoms with Crippen molar-refractivity contribution in [2.45, 2.75) is 38.9 Å². The predicted molar refractivity (Wildman–Crippen MR) is 95.8 cm³/mol. The molecule has 1 atom stereocenters. The van der Waals surface area contributed by atoms with Crippen molar-refractivity contribution >= 4 is 11.6 Å². The normalized spacial score (nSPS) is 12.0. The van der Waals surface area contributed by atoms with Crippen LogP contribution in [0.2, 0.25) is 5.15 Å². The van der Waals surface area contributed by atoms with Gasteiger partial charge in [-0.3, -0.25) is 0 Å². The van der Waals surface area contributed by atoms with Crippen molar-refractivity contribution < 1.29 is 14.2 Å². The highest BCUT2D eigenvalue weighted by Gasteiger charge is 2.10. The van der Waals surface area contributed by atoms with Crippen LogP contribution in [0.4, 0.5) is 0 Å². The van der Waals surface area contributed by atoms with E-state index < -0.39 is 0 Å². The Hall–Kier alpha value is -1.78. The molecule has 0 amide bonds. The number of ether oxygens (including phenoxy) is 3. The number of nitrogens with zero attached hydrogens (tertiary/aromatic N) is 1. The van der Waals surface area contributed by atoms with E-state index in [-0.39, 0.29) is 6.10 Å². The van der Waals surface area contributed by atoms with Crippen molar-refractivity contribution in [3.05, 3.63) is 53.2 Å². The average molecular weight is 350 g/mol. The van der Waals surface area contributed by atoms with Gasteiger partial charge in [0.2, 0.25) is 5.88 Å². The first-order valence-electron chi connectivity index (χ1n) is 8.21. The van der Waals surface area contributed by atoms with Gasteiger partial charge in [0.1, 0.15) is 24.1 Å². The molecule has 0 saturated heterocycles. The Kier molecular flexibility index (Phi) is 7.86. The van der Waals surface area contributed by atoms with Gasteiger partial charge in [-0.15, -0.1) is 0 Å². The summed E-state index contributed by atoms with van der Waals surface area (Å²) in [6.07, 6.45) is 3.26. The second-order valence-electron chi connectivity index (χ2n) is 5.55. The maximum atomic E-state index is 6.06. The summed E-state index contributed by atoms with van der Waals surface area (Å²) in [7, 11) is 1.70. The maximum Gasteiger partial charge on any atom is 0.218 e. The third kappa shape index (κ3) is 6.38. The molecule has 1 unspecified atom stereocenters. The van der Waals surface area contributed by atoms with E-state index in [1.165, 1.54) is 0 Å². The molecule has 5 heteroatoms. The number of methoxy groups -OCH3 is 1. The van der Waals surface area contributed by atoms with Crippen molar-refractivity contribution in [3.63, 3.8) is 0 Å². The summed E-state index contributed by atoms with van der Waals surface area (Å²) in [4.78, 5) is 4.18. The number of hydrogen-bond acceptors (Lipinski definition) is 4. The molecule has 4 nitrogen and oxygen atoms in total. The summed E-state index contributed by atoms with van der Waals surface area (Å²) in [6, 6.07) is 13.4. The number of pyridine rings is 1. The number of rotatable bonds is 10. The molecule has 0 saturated carbocycles. The fraction of sp³-hybridized carbons (Fsp3) is 0.421. The number of benzene rings is 1. The molecule has 0 aliphatic rings. The Labute approximate surface area is 148 Å². The first kappa shape index (κ1) is 18.6. The molecule has 2 rings (SSSR count). The van der Waals surface area contributed by atoms with Crippen LogP contribution >= 0.6 is 11.6 Å². The summed E-state index contributed by atoms with van der Waals surface area (Å²) in [6.45, 7) is 3.07. The van der Waals surface area contributed by atoms with Crippen LogP contribution in [-0.2, 0) is 11.3 Å². The predicted octanol–water partition coefficient (Wildman–Crippen LogP) is 4.90. The van der Waals surface area contributed by atoms with Gasteiger partial charge in [-0.2, -0.15) is 0 Å². The van der Waals surface area contributed by atoms with Gasteiger partial charge in [0.25, 0.3) is 0 Å². The molecule has 0 fully saturated rings. The third-order valence-corrected chi connectivity index (χ3v) is 3.82. The Morgan fingerprint density at radius 2 is 1.92 bits per heavy atom. The molecule has 1 aromatic heterocycles. The van der Waals surface area contributed by atoms with E-state index in [1.54, 1.807) is 19.2 Å². The highest BCUT2D eigenvalue weighted by Crippen LogP contribution is 2.23. The van der Waals surface area contributed by atoms with Gasteiger partial charge >= 0.3 is 0 Å². The molecule has 0 aliphatic heterocycles. The maximum absolute atomic E-state index is 6.06. The van der Waals surface area contributed by atoms with Crippen LogP contribution in [0.25, 0.3) is 0 Å². The zero-order valence-corrected chi connectivity index (χ0v) is 15.0. The van der Waals surface area contributed by atoms with Crippen molar-refractivity contribution in [2.24, 2.45) is 0 Å². The number of unbranched alkanes of at least 4 members (excludes halogenated alkanes) is 1. The van der Waals surface area contributed by atoms with Crippen LogP contribution < -0.4 is 9.47 Å². The van der Waals surface area contributed by atoms with Crippen LogP contribution in [0.5, 0.6) is 11.6 Å². The highest BCUT2D eigenvalue weighted by molar-refractivity contribution is 6.29. The van der Waals surface area contributed by atoms with Gasteiger partial charge in [0, 0.05) is 19.2 Å². The minimum atomic E-state index is 0.0550. The lowest BCUT2D eigenvalue weighted by Crippen LogP contribution is -2.20. The van der Waals surface area contributed by atoms with E-state index in [9.17, 15) is 0 Å². The van der Waals surface area contributed by atoms with Crippen molar-refractivity contribution in [1.29, 1.82) is 0 Å². The first-order chi connectivity index (χ1) is 11.7. The Morgan fingerprint density at radius 3 is 2.62 bits per heavy atom. The Morgan fingerprint density at radius 1 is 1.12 bits per heavy atom. The minimum Gasteiger partial charge on any atom is -0.489 e. The molecule has 0 spiro atoms. The average Bonchev–Trinajstić information content (AvgIpc) is 2.61. The van der Waals surface area contributed by atoms with Gasteiger partial charge in [-0.1, -0.05) is 61.7 Å². The fourth-order valence-corrected chi connectivity index (χ4v) is 2.42. The quantitative estimate of drug-likeness (QED) is 0.572. The van der Waals surface area contributed by atoms with Crippen molar-refractivity contribution in [2.75, 3.05) is 13.7 Å². The van der Waals surface area contributed by atoms with Gasteiger partial charge in [0.15, 0.2) is 0 Å². The molecule has 130 valence electrons. The van der Waals surface area contributed by atoms with Gasteiger partial charge in [-0.05, 0) is 12.0 Å². The van der Waals surface area contributed by atoms with Gasteiger partial charge in [0.05, 0.1) is 6.10 Å². The SMILES string of the molecule is CCCCC(COc1cc(OCc2ccccc2)cc(Cl)n1)OC. The number of halogens is 1. The third-order valence-electron chi connectivity index (χ3n) is 3.62. The molecule has 2 aromatic rings. The molecule has 0 radical (unpaired) electrons. The van der Waals surface area contributed by atoms with E-state index in [1.807, 2.05) is 30.3 Å². The van der Waals surface area contributed by atoms with Crippen LogP contribution in [-0.4, -0.2) is 24.8 Å². The lowest BCUT2D eigenvalue weighted by atomic mass is 10.2. The van der Waals surface area contributed by atoms with E-state index >= 15 is 0 Å². The smallest absolute Gasteiger partial charge is 0.218 e. The molecule has 24 heavy (non-hydrogen) atoms. The first-order valence-corrected chi connectivity index (χ1v) is 8.59. The van der Waals surface area contributed by atoms with Crippen LogP contribution in [0.3, 0.4) is 0 Å². The molecule has 1 heterocycles. The molecule has 0 bridgehead atoms. The highest BCUT2D eigenvalue weighted by atomic mass is 35.5. The summed E-state index contributed by atoms with van der Waals surface area (Å²) in [5, 5.41) is 0.345. The lowest BCUT2D eigenvalue weighted by molar-refractivity contribution is 0.0489. The van der Waals surface area contributed by atoms with Crippen LogP contribution in [0.15, 0.2) is 42.5 Å². The lowest BCUT2D eigenvalue weighted by Gasteiger charge is -2.16. The zero-order chi connectivity index (χ0) is 17.2. The van der Waals surface area contributed by atoms with E-state index in [4.69, 9.17) is 25.8 Å². The molecular weight excluding hydrogens is 326 g/mol. The second kappa shape index (κ2) is 10.2. The van der Waals surface area contributed by atoms with E-state index in [0.29, 0.717) is 30.0 Å². The summed E-state index contributed by atoms with van der Waals surface area (Å²) in [5.74, 6) is 1.08. The molecule has 1 aromatic carbocycles. The van der Waals surface area contributed by atoms with Gasteiger partial charge in [-0.25, -0.2) is 4.98 Å². The van der Waals surface area contributed by atoms with E-state index in [2.05, 4.69) is 11.9 Å². The number of hydrogen-bond donors (Lipinski definition) is 0. The van der Waals surface area contributed by atoms with Gasteiger partial charge < -0.3 is 14.2 Å². The standard InChI is InChI=1S/C19H24ClNO3/c1-3-4-10-16(22-2)14-24-19-12-17(11-18(20)21-19)23-13-15-8-6-5-7-9-15/h5-9,11-12,16H,3-4,10,13-14H2,1-2H3. The van der Waals surface area contributed by atoms with Crippen molar-refractivity contribution in [3.8, 4) is 11.6 Å². The summed E-state index contributed by atoms with van der Waals surface area (Å²) in [5.41, 5.74) is 1.09. The van der Waals surface area contributed by atoms with Crippen molar-refractivity contribution in [1.82, 2.24) is 4.98 Å². The Balaban J connectivity index is 1.92. The molecular formula is C19H24ClNO3. The monoisotopic (exact) mass is 349 g/mol.